The summed E-state index contributed by atoms with van der Waals surface area (Å²) in [7, 11) is 0. The molecule has 0 spiro atoms. The number of para-hydroxylation sites is 1. The molecule has 2 amide bonds. The number of hydrogen-bond donors (Lipinski definition) is 2. The molecule has 0 bridgehead atoms. The van der Waals surface area contributed by atoms with Crippen LogP contribution < -0.4 is 15.8 Å². The van der Waals surface area contributed by atoms with Crippen LogP contribution in [0.4, 0.5) is 5.69 Å². The number of nitrogens with two attached hydrogens (primary N) is 1. The Balaban J connectivity index is 1.60. The Morgan fingerprint density at radius 3 is 2.62 bits per heavy atom. The van der Waals surface area contributed by atoms with E-state index in [1.54, 1.807) is 48.5 Å². The van der Waals surface area contributed by atoms with Gasteiger partial charge in [0.25, 0.3) is 5.91 Å². The lowest BCUT2D eigenvalue weighted by Gasteiger charge is -2.12. The number of anilines is 1. The summed E-state index contributed by atoms with van der Waals surface area (Å²) in [6, 6.07) is 14.0. The summed E-state index contributed by atoms with van der Waals surface area (Å²) in [5.74, 6) is -0.00165. The first-order valence-electron chi connectivity index (χ1n) is 8.64. The van der Waals surface area contributed by atoms with Crippen LogP contribution in [0.1, 0.15) is 28.8 Å². The van der Waals surface area contributed by atoms with E-state index in [9.17, 15) is 9.59 Å². The summed E-state index contributed by atoms with van der Waals surface area (Å²) < 4.78 is 11.2. The Bertz CT molecular complexity index is 768. The number of benzene rings is 2. The maximum Gasteiger partial charge on any atom is 0.255 e. The smallest absolute Gasteiger partial charge is 0.255 e. The van der Waals surface area contributed by atoms with Gasteiger partial charge in [-0.25, -0.2) is 0 Å². The summed E-state index contributed by atoms with van der Waals surface area (Å²) in [6.07, 6.45) is 2.32. The highest BCUT2D eigenvalue weighted by Gasteiger charge is 2.16. The third-order valence-corrected chi connectivity index (χ3v) is 4.21. The predicted octanol–water partition coefficient (Wildman–Crippen LogP) is 2.52. The zero-order chi connectivity index (χ0) is 18.4. The molecule has 0 aliphatic carbocycles. The number of nitrogens with one attached hydrogen (secondary N) is 1. The van der Waals surface area contributed by atoms with Gasteiger partial charge < -0.3 is 20.5 Å². The van der Waals surface area contributed by atoms with Crippen LogP contribution in [0.2, 0.25) is 0 Å². The van der Waals surface area contributed by atoms with Gasteiger partial charge in [0.1, 0.15) is 12.4 Å². The molecule has 1 aliphatic rings. The van der Waals surface area contributed by atoms with E-state index in [1.165, 1.54) is 0 Å². The fourth-order valence-corrected chi connectivity index (χ4v) is 2.85. The summed E-state index contributed by atoms with van der Waals surface area (Å²) >= 11 is 0. The molecule has 1 saturated heterocycles. The topological polar surface area (TPSA) is 90.7 Å². The number of ether oxygens (including phenoxy) is 2. The first-order chi connectivity index (χ1) is 12.6. The maximum atomic E-state index is 12.4. The van der Waals surface area contributed by atoms with Gasteiger partial charge in [0.2, 0.25) is 5.91 Å². The number of carbonyl (C=O) groups excluding carboxylic acids is 2. The molecular formula is C20H22N2O4. The van der Waals surface area contributed by atoms with Crippen LogP contribution in [0.25, 0.3) is 0 Å². The largest absolute Gasteiger partial charge is 0.491 e. The van der Waals surface area contributed by atoms with Crippen LogP contribution in [0, 0.1) is 0 Å². The van der Waals surface area contributed by atoms with Gasteiger partial charge in [0.15, 0.2) is 0 Å². The molecule has 0 saturated carbocycles. The molecule has 1 fully saturated rings. The van der Waals surface area contributed by atoms with Crippen molar-refractivity contribution in [1.82, 2.24) is 0 Å². The standard InChI is InChI=1S/C20H22N2O4/c21-19(23)12-15-4-1-2-6-18(15)22-20(24)14-7-9-16(10-8-14)26-13-17-5-3-11-25-17/h1-2,4,6-10,17H,3,5,11-13H2,(H2,21,23)(H,22,24). The number of primary amides is 1. The van der Waals surface area contributed by atoms with Gasteiger partial charge in [-0.3, -0.25) is 9.59 Å². The number of amides is 2. The Hall–Kier alpha value is -2.86. The van der Waals surface area contributed by atoms with Crippen LogP contribution in [0.3, 0.4) is 0 Å². The van der Waals surface area contributed by atoms with Crippen LogP contribution in [0.15, 0.2) is 48.5 Å². The Kier molecular flexibility index (Phi) is 5.86. The molecule has 6 nitrogen and oxygen atoms in total. The molecule has 136 valence electrons. The molecule has 0 aromatic heterocycles. The van der Waals surface area contributed by atoms with Gasteiger partial charge in [-0.1, -0.05) is 18.2 Å². The van der Waals surface area contributed by atoms with Crippen LogP contribution in [-0.4, -0.2) is 31.1 Å². The van der Waals surface area contributed by atoms with Gasteiger partial charge in [-0.15, -0.1) is 0 Å². The molecule has 3 rings (SSSR count). The average Bonchev–Trinajstić information content (AvgIpc) is 3.15. The Morgan fingerprint density at radius 2 is 1.92 bits per heavy atom. The zero-order valence-electron chi connectivity index (χ0n) is 14.4. The molecule has 6 heteroatoms. The quantitative estimate of drug-likeness (QED) is 0.799. The molecular weight excluding hydrogens is 332 g/mol. The second-order valence-corrected chi connectivity index (χ2v) is 6.22. The van der Waals surface area contributed by atoms with Gasteiger partial charge in [0.05, 0.1) is 12.5 Å². The first-order valence-corrected chi connectivity index (χ1v) is 8.64. The van der Waals surface area contributed by atoms with Crippen molar-refractivity contribution in [3.63, 3.8) is 0 Å². The van der Waals surface area contributed by atoms with Crippen LogP contribution in [-0.2, 0) is 16.0 Å². The first kappa shape index (κ1) is 17.9. The van der Waals surface area contributed by atoms with Crippen molar-refractivity contribution in [2.24, 2.45) is 5.73 Å². The van der Waals surface area contributed by atoms with Gasteiger partial charge in [-0.2, -0.15) is 0 Å². The lowest BCUT2D eigenvalue weighted by molar-refractivity contribution is -0.117. The highest BCUT2D eigenvalue weighted by Crippen LogP contribution is 2.19. The molecule has 2 aromatic rings. The molecule has 1 atom stereocenters. The maximum absolute atomic E-state index is 12.4. The lowest BCUT2D eigenvalue weighted by Crippen LogP contribution is -2.18. The molecule has 26 heavy (non-hydrogen) atoms. The van der Waals surface area contributed by atoms with E-state index >= 15 is 0 Å². The van der Waals surface area contributed by atoms with Gasteiger partial charge in [-0.05, 0) is 48.7 Å². The molecule has 0 radical (unpaired) electrons. The lowest BCUT2D eigenvalue weighted by atomic mass is 10.1. The fourth-order valence-electron chi connectivity index (χ4n) is 2.85. The van der Waals surface area contributed by atoms with E-state index in [1.807, 2.05) is 0 Å². The summed E-state index contributed by atoms with van der Waals surface area (Å²) in [5, 5.41) is 2.82. The third-order valence-electron chi connectivity index (χ3n) is 4.21. The van der Waals surface area contributed by atoms with E-state index in [4.69, 9.17) is 15.2 Å². The summed E-state index contributed by atoms with van der Waals surface area (Å²) in [4.78, 5) is 23.6. The van der Waals surface area contributed by atoms with E-state index in [2.05, 4.69) is 5.32 Å². The van der Waals surface area contributed by atoms with Crippen molar-refractivity contribution in [1.29, 1.82) is 0 Å². The Morgan fingerprint density at radius 1 is 1.15 bits per heavy atom. The van der Waals surface area contributed by atoms with Crippen molar-refractivity contribution < 1.29 is 19.1 Å². The number of carbonyl (C=O) groups is 2. The zero-order valence-corrected chi connectivity index (χ0v) is 14.4. The Labute approximate surface area is 152 Å². The minimum atomic E-state index is -0.445. The average molecular weight is 354 g/mol. The highest BCUT2D eigenvalue weighted by molar-refractivity contribution is 6.05. The van der Waals surface area contributed by atoms with E-state index in [0.29, 0.717) is 29.2 Å². The van der Waals surface area contributed by atoms with Crippen molar-refractivity contribution >= 4 is 17.5 Å². The molecule has 1 aliphatic heterocycles. The monoisotopic (exact) mass is 354 g/mol. The SMILES string of the molecule is NC(=O)Cc1ccccc1NC(=O)c1ccc(OCC2CCCO2)cc1. The van der Waals surface area contributed by atoms with Crippen LogP contribution in [0.5, 0.6) is 5.75 Å². The van der Waals surface area contributed by atoms with E-state index in [-0.39, 0.29) is 18.4 Å². The third kappa shape index (κ3) is 4.83. The van der Waals surface area contributed by atoms with Crippen LogP contribution >= 0.6 is 0 Å². The van der Waals surface area contributed by atoms with Gasteiger partial charge in [0, 0.05) is 17.9 Å². The second-order valence-electron chi connectivity index (χ2n) is 6.22. The molecule has 2 aromatic carbocycles. The van der Waals surface area contributed by atoms with Crippen molar-refractivity contribution in [2.75, 3.05) is 18.5 Å². The highest BCUT2D eigenvalue weighted by atomic mass is 16.5. The molecule has 1 unspecified atom stereocenters. The number of rotatable bonds is 7. The normalized spacial score (nSPS) is 16.2. The van der Waals surface area contributed by atoms with Gasteiger partial charge >= 0.3 is 0 Å². The minimum Gasteiger partial charge on any atom is -0.491 e. The summed E-state index contributed by atoms with van der Waals surface area (Å²) in [6.45, 7) is 1.32. The fraction of sp³-hybridized carbons (Fsp3) is 0.300. The van der Waals surface area contributed by atoms with E-state index < -0.39 is 5.91 Å². The van der Waals surface area contributed by atoms with Crippen molar-refractivity contribution in [3.8, 4) is 5.75 Å². The molecule has 3 N–H and O–H groups in total. The minimum absolute atomic E-state index is 0.0759. The van der Waals surface area contributed by atoms with Crippen molar-refractivity contribution in [3.05, 3.63) is 59.7 Å². The second kappa shape index (κ2) is 8.49. The van der Waals surface area contributed by atoms with Crippen molar-refractivity contribution in [2.45, 2.75) is 25.4 Å². The predicted molar refractivity (Wildman–Crippen MR) is 98.2 cm³/mol. The molecule has 1 heterocycles. The number of hydrogen-bond acceptors (Lipinski definition) is 4. The van der Waals surface area contributed by atoms with E-state index in [0.717, 1.165) is 19.4 Å². The summed E-state index contributed by atoms with van der Waals surface area (Å²) in [5.41, 5.74) is 7.02.